The first-order valence-corrected chi connectivity index (χ1v) is 9.11. The number of hydrogen-bond donors (Lipinski definition) is 1. The van der Waals surface area contributed by atoms with Gasteiger partial charge in [0.15, 0.2) is 0 Å². The lowest BCUT2D eigenvalue weighted by molar-refractivity contribution is 0.501. The highest BCUT2D eigenvalue weighted by Crippen LogP contribution is 2.22. The molecule has 0 unspecified atom stereocenters. The molecule has 0 saturated heterocycles. The van der Waals surface area contributed by atoms with Gasteiger partial charge in [0, 0.05) is 12.0 Å². The van der Waals surface area contributed by atoms with Gasteiger partial charge in [-0.15, -0.1) is 0 Å². The van der Waals surface area contributed by atoms with Crippen molar-refractivity contribution in [2.75, 3.05) is 12.3 Å². The lowest BCUT2D eigenvalue weighted by atomic mass is 9.85. The Bertz CT molecular complexity index is 680. The molecule has 0 aliphatic carbocycles. The zero-order chi connectivity index (χ0) is 16.1. The van der Waals surface area contributed by atoms with E-state index >= 15 is 0 Å². The van der Waals surface area contributed by atoms with Crippen molar-refractivity contribution in [3.63, 3.8) is 0 Å². The summed E-state index contributed by atoms with van der Waals surface area (Å²) in [5.74, 6) is 0.113. The Morgan fingerprint density at radius 3 is 2.05 bits per heavy atom. The number of hydrogen-bond acceptors (Lipinski definition) is 2. The molecule has 0 bridgehead atoms. The first-order chi connectivity index (χ1) is 10.4. The Labute approximate surface area is 133 Å². The van der Waals surface area contributed by atoms with E-state index in [0.717, 1.165) is 11.1 Å². The van der Waals surface area contributed by atoms with Gasteiger partial charge in [-0.1, -0.05) is 74.5 Å². The molecule has 1 N–H and O–H groups in total. The van der Waals surface area contributed by atoms with Crippen LogP contribution in [0.5, 0.6) is 0 Å². The molecule has 0 radical (unpaired) electrons. The van der Waals surface area contributed by atoms with Crippen molar-refractivity contribution in [2.45, 2.75) is 25.7 Å². The van der Waals surface area contributed by atoms with Crippen LogP contribution in [0.2, 0.25) is 0 Å². The van der Waals surface area contributed by atoms with Gasteiger partial charge in [-0.2, -0.15) is 0 Å². The summed E-state index contributed by atoms with van der Waals surface area (Å²) in [6.45, 7) is 4.48. The lowest BCUT2D eigenvalue weighted by Crippen LogP contribution is -2.38. The molecule has 0 aliphatic rings. The quantitative estimate of drug-likeness (QED) is 0.853. The average Bonchev–Trinajstić information content (AvgIpc) is 2.53. The standard InChI is InChI=1S/C18H23NO2S/c1-18(2,17-11-7-4-8-12-17)15-19-22(20,21)14-13-16-9-5-3-6-10-16/h3-12,19H,13-15H2,1-2H3. The van der Waals surface area contributed by atoms with Crippen LogP contribution in [-0.4, -0.2) is 20.7 Å². The summed E-state index contributed by atoms with van der Waals surface area (Å²) in [5, 5.41) is 0. The third kappa shape index (κ3) is 4.97. The minimum atomic E-state index is -3.27. The SMILES string of the molecule is CC(C)(CNS(=O)(=O)CCc1ccccc1)c1ccccc1. The maximum atomic E-state index is 12.2. The van der Waals surface area contributed by atoms with Crippen LogP contribution < -0.4 is 4.72 Å². The minimum absolute atomic E-state index is 0.113. The van der Waals surface area contributed by atoms with Crippen molar-refractivity contribution >= 4 is 10.0 Å². The second-order valence-corrected chi connectivity index (χ2v) is 8.05. The second-order valence-electron chi connectivity index (χ2n) is 6.13. The Morgan fingerprint density at radius 1 is 0.909 bits per heavy atom. The second kappa shape index (κ2) is 7.07. The van der Waals surface area contributed by atoms with Crippen molar-refractivity contribution in [3.8, 4) is 0 Å². The summed E-state index contributed by atoms with van der Waals surface area (Å²) >= 11 is 0. The van der Waals surface area contributed by atoms with E-state index in [-0.39, 0.29) is 11.2 Å². The Balaban J connectivity index is 1.92. The maximum Gasteiger partial charge on any atom is 0.211 e. The molecular weight excluding hydrogens is 294 g/mol. The van der Waals surface area contributed by atoms with Gasteiger partial charge in [0.2, 0.25) is 10.0 Å². The molecular formula is C18H23NO2S. The van der Waals surface area contributed by atoms with Gasteiger partial charge in [0.1, 0.15) is 0 Å². The summed E-state index contributed by atoms with van der Waals surface area (Å²) in [4.78, 5) is 0. The van der Waals surface area contributed by atoms with Crippen LogP contribution in [0.1, 0.15) is 25.0 Å². The van der Waals surface area contributed by atoms with E-state index < -0.39 is 10.0 Å². The van der Waals surface area contributed by atoms with Crippen molar-refractivity contribution in [2.24, 2.45) is 0 Å². The van der Waals surface area contributed by atoms with Crippen LogP contribution in [0.25, 0.3) is 0 Å². The smallest absolute Gasteiger partial charge is 0.211 e. The Morgan fingerprint density at radius 2 is 1.45 bits per heavy atom. The average molecular weight is 317 g/mol. The fraction of sp³-hybridized carbons (Fsp3) is 0.333. The minimum Gasteiger partial charge on any atom is -0.214 e. The molecule has 0 amide bonds. The molecule has 0 heterocycles. The molecule has 2 aromatic rings. The van der Waals surface area contributed by atoms with Crippen molar-refractivity contribution < 1.29 is 8.42 Å². The zero-order valence-electron chi connectivity index (χ0n) is 13.1. The number of nitrogens with one attached hydrogen (secondary N) is 1. The number of benzene rings is 2. The molecule has 3 nitrogen and oxygen atoms in total. The summed E-state index contributed by atoms with van der Waals surface area (Å²) in [7, 11) is -3.27. The number of rotatable bonds is 7. The Hall–Kier alpha value is -1.65. The largest absolute Gasteiger partial charge is 0.214 e. The predicted molar refractivity (Wildman–Crippen MR) is 91.4 cm³/mol. The first-order valence-electron chi connectivity index (χ1n) is 7.46. The van der Waals surface area contributed by atoms with Crippen molar-refractivity contribution in [1.29, 1.82) is 0 Å². The molecule has 0 saturated carbocycles. The van der Waals surface area contributed by atoms with E-state index in [2.05, 4.69) is 4.72 Å². The van der Waals surface area contributed by atoms with Gasteiger partial charge in [-0.25, -0.2) is 13.1 Å². The number of aryl methyl sites for hydroxylation is 1. The van der Waals surface area contributed by atoms with E-state index in [0.29, 0.717) is 13.0 Å². The topological polar surface area (TPSA) is 46.2 Å². The lowest BCUT2D eigenvalue weighted by Gasteiger charge is -2.25. The monoisotopic (exact) mass is 317 g/mol. The van der Waals surface area contributed by atoms with E-state index in [1.807, 2.05) is 74.5 Å². The molecule has 4 heteroatoms. The maximum absolute atomic E-state index is 12.2. The van der Waals surface area contributed by atoms with Crippen LogP contribution >= 0.6 is 0 Å². The van der Waals surface area contributed by atoms with Crippen LogP contribution in [0.15, 0.2) is 60.7 Å². The molecule has 2 aromatic carbocycles. The molecule has 2 rings (SSSR count). The number of sulfonamides is 1. The van der Waals surface area contributed by atoms with Gasteiger partial charge in [-0.3, -0.25) is 0 Å². The first kappa shape index (κ1) is 16.7. The van der Waals surface area contributed by atoms with Gasteiger partial charge < -0.3 is 0 Å². The van der Waals surface area contributed by atoms with Crippen molar-refractivity contribution in [1.82, 2.24) is 4.72 Å². The van der Waals surface area contributed by atoms with Crippen LogP contribution in [0, 0.1) is 0 Å². The molecule has 0 aromatic heterocycles. The van der Waals surface area contributed by atoms with Crippen LogP contribution in [-0.2, 0) is 21.9 Å². The summed E-state index contributed by atoms with van der Waals surface area (Å²) in [6.07, 6.45) is 0.530. The molecule has 0 spiro atoms. The van der Waals surface area contributed by atoms with E-state index in [1.54, 1.807) is 0 Å². The third-order valence-corrected chi connectivity index (χ3v) is 5.12. The fourth-order valence-corrected chi connectivity index (χ4v) is 3.48. The van der Waals surface area contributed by atoms with Gasteiger partial charge in [-0.05, 0) is 17.5 Å². The van der Waals surface area contributed by atoms with Gasteiger partial charge in [0.25, 0.3) is 0 Å². The van der Waals surface area contributed by atoms with Crippen molar-refractivity contribution in [3.05, 3.63) is 71.8 Å². The highest BCUT2D eigenvalue weighted by atomic mass is 32.2. The normalized spacial score (nSPS) is 12.3. The fourth-order valence-electron chi connectivity index (χ4n) is 2.25. The molecule has 0 atom stereocenters. The van der Waals surface area contributed by atoms with E-state index in [1.165, 1.54) is 0 Å². The Kier molecular flexibility index (Phi) is 5.37. The van der Waals surface area contributed by atoms with Crippen LogP contribution in [0.4, 0.5) is 0 Å². The molecule has 118 valence electrons. The summed E-state index contributed by atoms with van der Waals surface area (Å²) in [6, 6.07) is 19.6. The molecule has 22 heavy (non-hydrogen) atoms. The zero-order valence-corrected chi connectivity index (χ0v) is 13.9. The van der Waals surface area contributed by atoms with E-state index in [9.17, 15) is 8.42 Å². The highest BCUT2D eigenvalue weighted by Gasteiger charge is 2.23. The molecule has 0 aliphatic heterocycles. The molecule has 0 fully saturated rings. The van der Waals surface area contributed by atoms with Gasteiger partial charge in [0.05, 0.1) is 5.75 Å². The highest BCUT2D eigenvalue weighted by molar-refractivity contribution is 7.89. The predicted octanol–water partition coefficient (Wildman–Crippen LogP) is 3.13. The third-order valence-electron chi connectivity index (χ3n) is 3.79. The van der Waals surface area contributed by atoms with E-state index in [4.69, 9.17) is 0 Å². The van der Waals surface area contributed by atoms with Crippen LogP contribution in [0.3, 0.4) is 0 Å². The summed E-state index contributed by atoms with van der Waals surface area (Å²) in [5.41, 5.74) is 1.93. The van der Waals surface area contributed by atoms with Gasteiger partial charge >= 0.3 is 0 Å². The summed E-state index contributed by atoms with van der Waals surface area (Å²) < 4.78 is 27.1.